The minimum Gasteiger partial charge on any atom is -0.481 e. The zero-order chi connectivity index (χ0) is 13.0. The highest BCUT2D eigenvalue weighted by Crippen LogP contribution is 2.27. The van der Waals surface area contributed by atoms with E-state index in [0.29, 0.717) is 6.42 Å². The van der Waals surface area contributed by atoms with Crippen LogP contribution in [0.3, 0.4) is 0 Å². The molecule has 3 nitrogen and oxygen atoms in total. The molecule has 2 rings (SSSR count). The van der Waals surface area contributed by atoms with E-state index in [-0.39, 0.29) is 5.92 Å². The van der Waals surface area contributed by atoms with Crippen molar-refractivity contribution in [3.05, 3.63) is 34.9 Å². The molecule has 0 aromatic heterocycles. The van der Waals surface area contributed by atoms with Crippen LogP contribution in [0, 0.1) is 0 Å². The van der Waals surface area contributed by atoms with Gasteiger partial charge in [-0.3, -0.25) is 4.79 Å². The second kappa shape index (κ2) is 6.01. The summed E-state index contributed by atoms with van der Waals surface area (Å²) in [4.78, 5) is 11.3. The highest BCUT2D eigenvalue weighted by atomic mass is 16.4. The lowest BCUT2D eigenvalue weighted by atomic mass is 9.86. The molecule has 1 aromatic carbocycles. The monoisotopic (exact) mass is 247 g/mol. The SMILES string of the molecule is CNCCC(C(=O)O)c1ccc2c(c1)CCCC2. The quantitative estimate of drug-likeness (QED) is 0.839. The maximum absolute atomic E-state index is 11.3. The van der Waals surface area contributed by atoms with Gasteiger partial charge in [-0.05, 0) is 62.4 Å². The fourth-order valence-corrected chi connectivity index (χ4v) is 2.69. The Hall–Kier alpha value is -1.35. The van der Waals surface area contributed by atoms with Crippen molar-refractivity contribution in [2.75, 3.05) is 13.6 Å². The van der Waals surface area contributed by atoms with Gasteiger partial charge < -0.3 is 10.4 Å². The summed E-state index contributed by atoms with van der Waals surface area (Å²) in [6.45, 7) is 0.730. The second-order valence-corrected chi connectivity index (χ2v) is 5.02. The van der Waals surface area contributed by atoms with Gasteiger partial charge in [-0.15, -0.1) is 0 Å². The summed E-state index contributed by atoms with van der Waals surface area (Å²) < 4.78 is 0. The van der Waals surface area contributed by atoms with Gasteiger partial charge in [0.1, 0.15) is 0 Å². The van der Waals surface area contributed by atoms with Crippen molar-refractivity contribution in [2.24, 2.45) is 0 Å². The first-order valence-electron chi connectivity index (χ1n) is 6.71. The molecule has 0 saturated carbocycles. The average molecular weight is 247 g/mol. The zero-order valence-corrected chi connectivity index (χ0v) is 10.9. The number of hydrogen-bond acceptors (Lipinski definition) is 2. The summed E-state index contributed by atoms with van der Waals surface area (Å²) in [5, 5.41) is 12.4. The van der Waals surface area contributed by atoms with Crippen LogP contribution in [0.25, 0.3) is 0 Å². The second-order valence-electron chi connectivity index (χ2n) is 5.02. The molecule has 18 heavy (non-hydrogen) atoms. The van der Waals surface area contributed by atoms with Gasteiger partial charge in [-0.1, -0.05) is 18.2 Å². The van der Waals surface area contributed by atoms with E-state index in [4.69, 9.17) is 0 Å². The van der Waals surface area contributed by atoms with Crippen LogP contribution >= 0.6 is 0 Å². The van der Waals surface area contributed by atoms with Crippen LogP contribution in [0.2, 0.25) is 0 Å². The van der Waals surface area contributed by atoms with Crippen molar-refractivity contribution < 1.29 is 9.90 Å². The smallest absolute Gasteiger partial charge is 0.311 e. The molecule has 1 aliphatic rings. The van der Waals surface area contributed by atoms with Crippen LogP contribution in [-0.4, -0.2) is 24.7 Å². The molecule has 0 fully saturated rings. The largest absolute Gasteiger partial charge is 0.481 e. The third kappa shape index (κ3) is 2.91. The van der Waals surface area contributed by atoms with Crippen molar-refractivity contribution in [3.8, 4) is 0 Å². The number of aryl methyl sites for hydroxylation is 2. The van der Waals surface area contributed by atoms with E-state index in [2.05, 4.69) is 17.4 Å². The van der Waals surface area contributed by atoms with E-state index >= 15 is 0 Å². The molecule has 1 aliphatic carbocycles. The molecule has 0 amide bonds. The first-order valence-corrected chi connectivity index (χ1v) is 6.71. The van der Waals surface area contributed by atoms with Gasteiger partial charge in [-0.2, -0.15) is 0 Å². The van der Waals surface area contributed by atoms with Crippen molar-refractivity contribution in [1.29, 1.82) is 0 Å². The minimum atomic E-state index is -0.721. The van der Waals surface area contributed by atoms with Crippen molar-refractivity contribution in [3.63, 3.8) is 0 Å². The molecule has 1 unspecified atom stereocenters. The van der Waals surface area contributed by atoms with Gasteiger partial charge in [0, 0.05) is 0 Å². The number of carboxylic acids is 1. The third-order valence-electron chi connectivity index (χ3n) is 3.76. The molecule has 0 aliphatic heterocycles. The van der Waals surface area contributed by atoms with Crippen LogP contribution in [0.15, 0.2) is 18.2 Å². The van der Waals surface area contributed by atoms with E-state index in [1.807, 2.05) is 13.1 Å². The fraction of sp³-hybridized carbons (Fsp3) is 0.533. The molecule has 1 aromatic rings. The van der Waals surface area contributed by atoms with Crippen LogP contribution in [0.5, 0.6) is 0 Å². The number of carboxylic acid groups (broad SMARTS) is 1. The number of fused-ring (bicyclic) bond motifs is 1. The number of nitrogens with one attached hydrogen (secondary N) is 1. The summed E-state index contributed by atoms with van der Waals surface area (Å²) in [6, 6.07) is 6.24. The lowest BCUT2D eigenvalue weighted by molar-refractivity contribution is -0.138. The number of rotatable bonds is 5. The molecule has 3 heteroatoms. The minimum absolute atomic E-state index is 0.385. The maximum Gasteiger partial charge on any atom is 0.311 e. The molecule has 0 radical (unpaired) electrons. The van der Waals surface area contributed by atoms with Crippen LogP contribution in [0.1, 0.15) is 41.9 Å². The van der Waals surface area contributed by atoms with E-state index in [1.54, 1.807) is 0 Å². The number of aliphatic carboxylic acids is 1. The normalized spacial score (nSPS) is 16.1. The van der Waals surface area contributed by atoms with E-state index in [1.165, 1.54) is 24.0 Å². The van der Waals surface area contributed by atoms with Crippen LogP contribution in [-0.2, 0) is 17.6 Å². The Kier molecular flexibility index (Phi) is 4.37. The molecule has 0 heterocycles. The first-order chi connectivity index (χ1) is 8.72. The Morgan fingerprint density at radius 1 is 1.33 bits per heavy atom. The molecular weight excluding hydrogens is 226 g/mol. The molecule has 2 N–H and O–H groups in total. The van der Waals surface area contributed by atoms with Gasteiger partial charge in [0.25, 0.3) is 0 Å². The fourth-order valence-electron chi connectivity index (χ4n) is 2.69. The Labute approximate surface area is 108 Å². The van der Waals surface area contributed by atoms with E-state index in [9.17, 15) is 9.90 Å². The topological polar surface area (TPSA) is 49.3 Å². The molecule has 98 valence electrons. The van der Waals surface area contributed by atoms with Gasteiger partial charge in [0.05, 0.1) is 5.92 Å². The summed E-state index contributed by atoms with van der Waals surface area (Å²) in [5.41, 5.74) is 3.72. The summed E-state index contributed by atoms with van der Waals surface area (Å²) >= 11 is 0. The summed E-state index contributed by atoms with van der Waals surface area (Å²) in [6.07, 6.45) is 5.37. The highest BCUT2D eigenvalue weighted by molar-refractivity contribution is 5.76. The predicted octanol–water partition coefficient (Wildman–Crippen LogP) is 2.34. The summed E-state index contributed by atoms with van der Waals surface area (Å²) in [5.74, 6) is -1.11. The Morgan fingerprint density at radius 3 is 2.72 bits per heavy atom. The predicted molar refractivity (Wildman–Crippen MR) is 72.0 cm³/mol. The summed E-state index contributed by atoms with van der Waals surface area (Å²) in [7, 11) is 1.85. The molecule has 0 spiro atoms. The Morgan fingerprint density at radius 2 is 2.06 bits per heavy atom. The van der Waals surface area contributed by atoms with Gasteiger partial charge >= 0.3 is 5.97 Å². The zero-order valence-electron chi connectivity index (χ0n) is 10.9. The molecule has 1 atom stereocenters. The van der Waals surface area contributed by atoms with Crippen LogP contribution in [0.4, 0.5) is 0 Å². The Balaban J connectivity index is 2.22. The third-order valence-corrected chi connectivity index (χ3v) is 3.76. The Bertz CT molecular complexity index is 429. The number of hydrogen-bond donors (Lipinski definition) is 2. The average Bonchev–Trinajstić information content (AvgIpc) is 2.38. The highest BCUT2D eigenvalue weighted by Gasteiger charge is 2.20. The van der Waals surface area contributed by atoms with E-state index < -0.39 is 5.97 Å². The van der Waals surface area contributed by atoms with Crippen molar-refractivity contribution >= 4 is 5.97 Å². The van der Waals surface area contributed by atoms with Gasteiger partial charge in [0.2, 0.25) is 0 Å². The lowest BCUT2D eigenvalue weighted by Gasteiger charge is -2.19. The standard InChI is InChI=1S/C15H21NO2/c1-16-9-8-14(15(17)18)13-7-6-11-4-2-3-5-12(11)10-13/h6-7,10,14,16H,2-5,8-9H2,1H3,(H,17,18). The van der Waals surface area contributed by atoms with Crippen molar-refractivity contribution in [2.45, 2.75) is 38.0 Å². The molecule has 0 saturated heterocycles. The molecule has 0 bridgehead atoms. The first kappa shape index (κ1) is 13.1. The van der Waals surface area contributed by atoms with Crippen LogP contribution < -0.4 is 5.32 Å². The number of carbonyl (C=O) groups is 1. The van der Waals surface area contributed by atoms with Crippen molar-refractivity contribution in [1.82, 2.24) is 5.32 Å². The number of benzene rings is 1. The van der Waals surface area contributed by atoms with Gasteiger partial charge in [-0.25, -0.2) is 0 Å². The van der Waals surface area contributed by atoms with E-state index in [0.717, 1.165) is 24.9 Å². The maximum atomic E-state index is 11.3. The molecular formula is C15H21NO2. The lowest BCUT2D eigenvalue weighted by Crippen LogP contribution is -2.19. The van der Waals surface area contributed by atoms with Gasteiger partial charge in [0.15, 0.2) is 0 Å².